The molecular weight excluding hydrogens is 327 g/mol. The fourth-order valence-electron chi connectivity index (χ4n) is 3.58. The van der Waals surface area contributed by atoms with Crippen molar-refractivity contribution in [1.82, 2.24) is 5.43 Å². The second kappa shape index (κ2) is 5.70. The van der Waals surface area contributed by atoms with Crippen molar-refractivity contribution in [3.63, 3.8) is 0 Å². The van der Waals surface area contributed by atoms with E-state index in [4.69, 9.17) is 0 Å². The van der Waals surface area contributed by atoms with Crippen LogP contribution in [0.5, 0.6) is 5.75 Å². The second-order valence-corrected chi connectivity index (χ2v) is 7.51. The molecule has 0 unspecified atom stereocenters. The first-order valence-electron chi connectivity index (χ1n) is 8.05. The summed E-state index contributed by atoms with van der Waals surface area (Å²) in [5, 5.41) is 14.2. The van der Waals surface area contributed by atoms with Gasteiger partial charge in [-0.1, -0.05) is 6.92 Å². The van der Waals surface area contributed by atoms with Crippen molar-refractivity contribution in [3.8, 4) is 5.75 Å². The number of carbonyl (C=O) groups is 1. The number of benzene rings is 1. The van der Waals surface area contributed by atoms with Crippen LogP contribution >= 0.6 is 11.3 Å². The highest BCUT2D eigenvalue weighted by molar-refractivity contribution is 7.14. The van der Waals surface area contributed by atoms with E-state index in [1.54, 1.807) is 0 Å². The number of phenolic OH excluding ortho intramolecular Hbond substituents is 1. The zero-order valence-corrected chi connectivity index (χ0v) is 14.0. The first-order chi connectivity index (χ1) is 11.5. The lowest BCUT2D eigenvalue weighted by atomic mass is 10.0. The van der Waals surface area contributed by atoms with Crippen LogP contribution in [0.4, 0.5) is 4.39 Å². The lowest BCUT2D eigenvalue weighted by Gasteiger charge is -2.06. The van der Waals surface area contributed by atoms with Crippen molar-refractivity contribution >= 4 is 23.0 Å². The average molecular weight is 344 g/mol. The number of carbonyl (C=O) groups excluding carboxylic acids is 1. The number of hydrogen-bond acceptors (Lipinski definition) is 4. The molecule has 1 atom stereocenters. The van der Waals surface area contributed by atoms with Crippen molar-refractivity contribution < 1.29 is 14.3 Å². The molecule has 2 aliphatic carbocycles. The van der Waals surface area contributed by atoms with E-state index in [1.165, 1.54) is 33.9 Å². The van der Waals surface area contributed by atoms with Gasteiger partial charge in [-0.15, -0.1) is 11.3 Å². The molecule has 4 rings (SSSR count). The van der Waals surface area contributed by atoms with E-state index >= 15 is 0 Å². The normalized spacial score (nSPS) is 20.2. The SMILES string of the molecule is C[C@@H]1C/C(=N\NC(=O)c2cc3c(s2)CCC3)c2c(O)ccc(F)c21. The summed E-state index contributed by atoms with van der Waals surface area (Å²) in [7, 11) is 0. The average Bonchev–Trinajstić information content (AvgIpc) is 3.22. The molecule has 2 aromatic rings. The zero-order chi connectivity index (χ0) is 16.8. The van der Waals surface area contributed by atoms with Crippen molar-refractivity contribution in [2.45, 2.75) is 38.5 Å². The Labute approximate surface area is 143 Å². The van der Waals surface area contributed by atoms with Crippen molar-refractivity contribution in [2.75, 3.05) is 0 Å². The van der Waals surface area contributed by atoms with Crippen molar-refractivity contribution in [2.24, 2.45) is 5.10 Å². The van der Waals surface area contributed by atoms with Gasteiger partial charge in [-0.2, -0.15) is 5.10 Å². The molecular formula is C18H17FN2O2S. The number of thiophene rings is 1. The number of phenols is 1. The first kappa shape index (κ1) is 15.3. The van der Waals surface area contributed by atoms with Crippen molar-refractivity contribution in [3.05, 3.63) is 50.5 Å². The van der Waals surface area contributed by atoms with Crippen molar-refractivity contribution in [1.29, 1.82) is 0 Å². The van der Waals surface area contributed by atoms with Crippen LogP contribution in [-0.4, -0.2) is 16.7 Å². The maximum Gasteiger partial charge on any atom is 0.281 e. The molecule has 0 saturated heterocycles. The minimum absolute atomic E-state index is 0.00107. The number of halogens is 1. The summed E-state index contributed by atoms with van der Waals surface area (Å²) >= 11 is 1.51. The molecule has 0 saturated carbocycles. The quantitative estimate of drug-likeness (QED) is 0.816. The fraction of sp³-hybridized carbons (Fsp3) is 0.333. The monoisotopic (exact) mass is 344 g/mol. The summed E-state index contributed by atoms with van der Waals surface area (Å²) in [5.74, 6) is -0.674. The smallest absolute Gasteiger partial charge is 0.281 e. The number of rotatable bonds is 2. The Hall–Kier alpha value is -2.21. The predicted octanol–water partition coefficient (Wildman–Crippen LogP) is 3.72. The minimum Gasteiger partial charge on any atom is -0.507 e. The fourth-order valence-corrected chi connectivity index (χ4v) is 4.72. The van der Waals surface area contributed by atoms with Gasteiger partial charge in [-0.25, -0.2) is 9.82 Å². The van der Waals surface area contributed by atoms with Crippen LogP contribution in [0.1, 0.15) is 56.9 Å². The highest BCUT2D eigenvalue weighted by Gasteiger charge is 2.31. The summed E-state index contributed by atoms with van der Waals surface area (Å²) in [6.45, 7) is 1.88. The lowest BCUT2D eigenvalue weighted by Crippen LogP contribution is -2.18. The van der Waals surface area contributed by atoms with E-state index < -0.39 is 0 Å². The van der Waals surface area contributed by atoms with E-state index in [9.17, 15) is 14.3 Å². The molecule has 0 fully saturated rings. The molecule has 1 heterocycles. The Balaban J connectivity index is 1.59. The van der Waals surface area contributed by atoms with Crippen LogP contribution in [0, 0.1) is 5.82 Å². The zero-order valence-electron chi connectivity index (χ0n) is 13.2. The summed E-state index contributed by atoms with van der Waals surface area (Å²) in [4.78, 5) is 14.2. The van der Waals surface area contributed by atoms with Crippen LogP contribution in [0.3, 0.4) is 0 Å². The van der Waals surface area contributed by atoms with E-state index in [2.05, 4.69) is 10.5 Å². The van der Waals surface area contributed by atoms with Gasteiger partial charge in [0.05, 0.1) is 10.6 Å². The highest BCUT2D eigenvalue weighted by Crippen LogP contribution is 2.39. The van der Waals surface area contributed by atoms with Crippen LogP contribution in [-0.2, 0) is 12.8 Å². The van der Waals surface area contributed by atoms with Gasteiger partial charge in [0, 0.05) is 16.0 Å². The Bertz CT molecular complexity index is 851. The third-order valence-corrected chi connectivity index (χ3v) is 5.95. The molecule has 4 nitrogen and oxygen atoms in total. The molecule has 6 heteroatoms. The number of hydrogen-bond donors (Lipinski definition) is 2. The molecule has 2 N–H and O–H groups in total. The summed E-state index contributed by atoms with van der Waals surface area (Å²) in [6, 6.07) is 4.53. The second-order valence-electron chi connectivity index (χ2n) is 6.37. The summed E-state index contributed by atoms with van der Waals surface area (Å²) in [5.41, 5.74) is 5.23. The van der Waals surface area contributed by atoms with Gasteiger partial charge in [0.25, 0.3) is 5.91 Å². The molecule has 0 bridgehead atoms. The molecule has 0 spiro atoms. The third kappa shape index (κ3) is 2.41. The van der Waals surface area contributed by atoms with Crippen LogP contribution in [0.2, 0.25) is 0 Å². The molecule has 1 amide bonds. The number of fused-ring (bicyclic) bond motifs is 2. The summed E-state index contributed by atoms with van der Waals surface area (Å²) < 4.78 is 14.0. The molecule has 1 aromatic heterocycles. The van der Waals surface area contributed by atoms with E-state index in [0.717, 1.165) is 19.3 Å². The molecule has 24 heavy (non-hydrogen) atoms. The maximum absolute atomic E-state index is 14.0. The third-order valence-electron chi connectivity index (χ3n) is 4.71. The minimum atomic E-state index is -0.346. The number of amides is 1. The largest absolute Gasteiger partial charge is 0.507 e. The van der Waals surface area contributed by atoms with E-state index in [-0.39, 0.29) is 23.4 Å². The van der Waals surface area contributed by atoms with E-state index in [1.807, 2.05) is 13.0 Å². The van der Waals surface area contributed by atoms with Crippen LogP contribution < -0.4 is 5.43 Å². The lowest BCUT2D eigenvalue weighted by molar-refractivity contribution is 0.0958. The standard InChI is InChI=1S/C18H17FN2O2S/c1-9-7-12(17-13(22)6-5-11(19)16(9)17)20-21-18(23)15-8-10-3-2-4-14(10)24-15/h5-6,8-9,22H,2-4,7H2,1H3,(H,21,23)/b20-12+/t9-/m1/s1. The molecule has 0 aliphatic heterocycles. The number of nitrogens with one attached hydrogen (secondary N) is 1. The highest BCUT2D eigenvalue weighted by atomic mass is 32.1. The Kier molecular flexibility index (Phi) is 3.64. The predicted molar refractivity (Wildman–Crippen MR) is 91.4 cm³/mol. The topological polar surface area (TPSA) is 61.7 Å². The molecule has 124 valence electrons. The molecule has 0 radical (unpaired) electrons. The van der Waals surface area contributed by atoms with Gasteiger partial charge >= 0.3 is 0 Å². The number of nitrogens with zero attached hydrogens (tertiary/aromatic N) is 1. The van der Waals surface area contributed by atoms with Gasteiger partial charge in [-0.05, 0) is 55.4 Å². The Morgan fingerprint density at radius 1 is 1.42 bits per heavy atom. The number of hydrazone groups is 1. The molecule has 1 aromatic carbocycles. The van der Waals surface area contributed by atoms with Gasteiger partial charge in [0.2, 0.25) is 0 Å². The number of aromatic hydroxyl groups is 1. The maximum atomic E-state index is 14.0. The Morgan fingerprint density at radius 2 is 2.25 bits per heavy atom. The Morgan fingerprint density at radius 3 is 3.04 bits per heavy atom. The van der Waals surface area contributed by atoms with Crippen LogP contribution in [0.25, 0.3) is 0 Å². The first-order valence-corrected chi connectivity index (χ1v) is 8.86. The summed E-state index contributed by atoms with van der Waals surface area (Å²) in [6.07, 6.45) is 3.72. The van der Waals surface area contributed by atoms with Crippen LogP contribution in [0.15, 0.2) is 23.3 Å². The van der Waals surface area contributed by atoms with Gasteiger partial charge in [0.1, 0.15) is 11.6 Å². The number of aryl methyl sites for hydroxylation is 2. The van der Waals surface area contributed by atoms with Gasteiger partial charge in [-0.3, -0.25) is 4.79 Å². The van der Waals surface area contributed by atoms with Gasteiger partial charge < -0.3 is 5.11 Å². The van der Waals surface area contributed by atoms with Gasteiger partial charge in [0.15, 0.2) is 0 Å². The van der Waals surface area contributed by atoms with E-state index in [0.29, 0.717) is 28.1 Å². The molecule has 2 aliphatic rings.